The van der Waals surface area contributed by atoms with Crippen molar-refractivity contribution in [3.8, 4) is 16.8 Å². The quantitative estimate of drug-likeness (QED) is 0.559. The van der Waals surface area contributed by atoms with E-state index in [1.807, 2.05) is 66.7 Å². The van der Waals surface area contributed by atoms with Crippen LogP contribution >= 0.6 is 0 Å². The second-order valence-electron chi connectivity index (χ2n) is 5.36. The second kappa shape index (κ2) is 5.54. The van der Waals surface area contributed by atoms with E-state index in [0.717, 1.165) is 22.2 Å². The number of hydrogen-bond acceptors (Lipinski definition) is 2. The van der Waals surface area contributed by atoms with Crippen LogP contribution in [0.15, 0.2) is 89.9 Å². The topological polar surface area (TPSA) is 34.9 Å². The molecule has 3 nitrogen and oxygen atoms in total. The van der Waals surface area contributed by atoms with Crippen LogP contribution in [0.25, 0.3) is 27.6 Å². The zero-order valence-electron chi connectivity index (χ0n) is 12.4. The number of rotatable bonds is 2. The fraction of sp³-hybridized carbons (Fsp3) is 0. The number of hydrogen-bond donors (Lipinski definition) is 0. The van der Waals surface area contributed by atoms with Crippen molar-refractivity contribution in [2.45, 2.75) is 0 Å². The van der Waals surface area contributed by atoms with Crippen LogP contribution in [0.5, 0.6) is 0 Å². The van der Waals surface area contributed by atoms with Crippen molar-refractivity contribution in [3.63, 3.8) is 0 Å². The van der Waals surface area contributed by atoms with Gasteiger partial charge in [-0.25, -0.2) is 0 Å². The van der Waals surface area contributed by atoms with Crippen molar-refractivity contribution in [3.05, 3.63) is 95.4 Å². The molecule has 110 valence electrons. The van der Waals surface area contributed by atoms with Crippen LogP contribution in [-0.4, -0.2) is 9.78 Å². The molecule has 0 amide bonds. The fourth-order valence-corrected chi connectivity index (χ4v) is 2.70. The summed E-state index contributed by atoms with van der Waals surface area (Å²) in [5, 5.41) is 5.81. The molecular formula is C20H14N2O. The molecular weight excluding hydrogens is 284 g/mol. The van der Waals surface area contributed by atoms with Gasteiger partial charge in [-0.3, -0.25) is 4.79 Å². The maximum absolute atomic E-state index is 12.6. The summed E-state index contributed by atoms with van der Waals surface area (Å²) in [7, 11) is 0. The SMILES string of the molecule is O=c1c2ccccc2cnn1-c1ccc(-c2ccccc2)cc1. The van der Waals surface area contributed by atoms with Crippen molar-refractivity contribution in [2.75, 3.05) is 0 Å². The van der Waals surface area contributed by atoms with Crippen molar-refractivity contribution in [1.82, 2.24) is 9.78 Å². The van der Waals surface area contributed by atoms with Gasteiger partial charge in [0.15, 0.2) is 0 Å². The summed E-state index contributed by atoms with van der Waals surface area (Å²) in [5.74, 6) is 0. The molecule has 0 aliphatic rings. The van der Waals surface area contributed by atoms with E-state index in [0.29, 0.717) is 5.39 Å². The number of benzene rings is 3. The van der Waals surface area contributed by atoms with E-state index in [-0.39, 0.29) is 5.56 Å². The minimum absolute atomic E-state index is 0.101. The average Bonchev–Trinajstić information content (AvgIpc) is 2.63. The Morgan fingerprint density at radius 2 is 1.35 bits per heavy atom. The summed E-state index contributed by atoms with van der Waals surface area (Å²) < 4.78 is 1.44. The van der Waals surface area contributed by atoms with E-state index in [1.165, 1.54) is 4.68 Å². The molecule has 0 radical (unpaired) electrons. The number of fused-ring (bicyclic) bond motifs is 1. The molecule has 4 rings (SSSR count). The second-order valence-corrected chi connectivity index (χ2v) is 5.36. The summed E-state index contributed by atoms with van der Waals surface area (Å²) in [6.07, 6.45) is 1.72. The summed E-state index contributed by atoms with van der Waals surface area (Å²) in [4.78, 5) is 12.6. The molecule has 23 heavy (non-hydrogen) atoms. The third-order valence-corrected chi connectivity index (χ3v) is 3.91. The van der Waals surface area contributed by atoms with Crippen LogP contribution in [0.3, 0.4) is 0 Å². The lowest BCUT2D eigenvalue weighted by molar-refractivity contribution is 0.821. The highest BCUT2D eigenvalue weighted by molar-refractivity contribution is 5.80. The van der Waals surface area contributed by atoms with E-state index in [1.54, 1.807) is 6.20 Å². The van der Waals surface area contributed by atoms with Gasteiger partial charge in [-0.2, -0.15) is 9.78 Å². The third kappa shape index (κ3) is 2.42. The van der Waals surface area contributed by atoms with Gasteiger partial charge in [0.05, 0.1) is 17.3 Å². The first kappa shape index (κ1) is 13.5. The fourth-order valence-electron chi connectivity index (χ4n) is 2.70. The third-order valence-electron chi connectivity index (χ3n) is 3.91. The van der Waals surface area contributed by atoms with Crippen LogP contribution < -0.4 is 5.56 Å². The van der Waals surface area contributed by atoms with Gasteiger partial charge in [0.2, 0.25) is 0 Å². The Balaban J connectivity index is 1.80. The first-order valence-electron chi connectivity index (χ1n) is 7.46. The van der Waals surface area contributed by atoms with Crippen LogP contribution in [-0.2, 0) is 0 Å². The zero-order chi connectivity index (χ0) is 15.6. The Morgan fingerprint density at radius 1 is 0.696 bits per heavy atom. The van der Waals surface area contributed by atoms with E-state index in [2.05, 4.69) is 17.2 Å². The maximum atomic E-state index is 12.6. The highest BCUT2D eigenvalue weighted by Gasteiger charge is 2.06. The summed E-state index contributed by atoms with van der Waals surface area (Å²) in [5.41, 5.74) is 2.93. The van der Waals surface area contributed by atoms with E-state index >= 15 is 0 Å². The Bertz CT molecular complexity index is 1020. The Morgan fingerprint density at radius 3 is 2.13 bits per heavy atom. The Hall–Kier alpha value is -3.20. The highest BCUT2D eigenvalue weighted by atomic mass is 16.1. The lowest BCUT2D eigenvalue weighted by atomic mass is 10.1. The Kier molecular flexibility index (Phi) is 3.24. The first-order chi connectivity index (χ1) is 11.3. The number of nitrogens with zero attached hydrogens (tertiary/aromatic N) is 2. The van der Waals surface area contributed by atoms with Gasteiger partial charge >= 0.3 is 0 Å². The minimum atomic E-state index is -0.101. The van der Waals surface area contributed by atoms with E-state index in [9.17, 15) is 4.79 Å². The smallest absolute Gasteiger partial charge is 0.267 e. The molecule has 3 heteroatoms. The summed E-state index contributed by atoms with van der Waals surface area (Å²) in [6, 6.07) is 25.5. The predicted molar refractivity (Wildman–Crippen MR) is 92.8 cm³/mol. The zero-order valence-corrected chi connectivity index (χ0v) is 12.4. The van der Waals surface area contributed by atoms with Crippen LogP contribution in [0.4, 0.5) is 0 Å². The largest absolute Gasteiger partial charge is 0.279 e. The molecule has 0 fully saturated rings. The molecule has 0 saturated carbocycles. The molecule has 0 unspecified atom stereocenters. The first-order valence-corrected chi connectivity index (χ1v) is 7.46. The van der Waals surface area contributed by atoms with Crippen molar-refractivity contribution in [1.29, 1.82) is 0 Å². The van der Waals surface area contributed by atoms with Crippen molar-refractivity contribution >= 4 is 10.8 Å². The molecule has 4 aromatic rings. The lowest BCUT2D eigenvalue weighted by Crippen LogP contribution is -2.20. The van der Waals surface area contributed by atoms with Crippen LogP contribution in [0.1, 0.15) is 0 Å². The summed E-state index contributed by atoms with van der Waals surface area (Å²) >= 11 is 0. The van der Waals surface area contributed by atoms with Gasteiger partial charge in [0.25, 0.3) is 5.56 Å². The molecule has 0 atom stereocenters. The van der Waals surface area contributed by atoms with Crippen molar-refractivity contribution in [2.24, 2.45) is 0 Å². The lowest BCUT2D eigenvalue weighted by Gasteiger charge is -2.07. The predicted octanol–water partition coefficient (Wildman–Crippen LogP) is 4.05. The van der Waals surface area contributed by atoms with Crippen LogP contribution in [0, 0.1) is 0 Å². The molecule has 0 N–H and O–H groups in total. The van der Waals surface area contributed by atoms with E-state index < -0.39 is 0 Å². The molecule has 0 aliphatic heterocycles. The van der Waals surface area contributed by atoms with Gasteiger partial charge in [0.1, 0.15) is 0 Å². The summed E-state index contributed by atoms with van der Waals surface area (Å²) in [6.45, 7) is 0. The maximum Gasteiger partial charge on any atom is 0.279 e. The highest BCUT2D eigenvalue weighted by Crippen LogP contribution is 2.20. The Labute approximate surface area is 133 Å². The standard InChI is InChI=1S/C20H14N2O/c23-20-19-9-5-4-8-17(19)14-21-22(20)18-12-10-16(11-13-18)15-6-2-1-3-7-15/h1-14H. The molecule has 0 aliphatic carbocycles. The molecule has 1 aromatic heterocycles. The molecule has 3 aromatic carbocycles. The monoisotopic (exact) mass is 298 g/mol. The van der Waals surface area contributed by atoms with Crippen molar-refractivity contribution < 1.29 is 0 Å². The van der Waals surface area contributed by atoms with Gasteiger partial charge in [-0.05, 0) is 29.3 Å². The molecule has 0 saturated heterocycles. The van der Waals surface area contributed by atoms with E-state index in [4.69, 9.17) is 0 Å². The normalized spacial score (nSPS) is 10.8. The number of aromatic nitrogens is 2. The van der Waals surface area contributed by atoms with Gasteiger partial charge in [-0.15, -0.1) is 0 Å². The van der Waals surface area contributed by atoms with Gasteiger partial charge in [-0.1, -0.05) is 60.7 Å². The van der Waals surface area contributed by atoms with Gasteiger partial charge < -0.3 is 0 Å². The molecule has 0 spiro atoms. The average molecular weight is 298 g/mol. The molecule has 1 heterocycles. The molecule has 0 bridgehead atoms. The van der Waals surface area contributed by atoms with Gasteiger partial charge in [0, 0.05) is 5.39 Å². The minimum Gasteiger partial charge on any atom is -0.267 e. The van der Waals surface area contributed by atoms with Crippen LogP contribution in [0.2, 0.25) is 0 Å².